The Balaban J connectivity index is 1.37. The predicted molar refractivity (Wildman–Crippen MR) is 70.9 cm³/mol. The molecular formula is C15H22N2. The first-order chi connectivity index (χ1) is 8.42. The van der Waals surface area contributed by atoms with Crippen molar-refractivity contribution in [2.75, 3.05) is 19.6 Å². The molecule has 3 rings (SSSR count). The highest BCUT2D eigenvalue weighted by molar-refractivity contribution is 5.14. The summed E-state index contributed by atoms with van der Waals surface area (Å²) in [6, 6.07) is 11.6. The van der Waals surface area contributed by atoms with Crippen molar-refractivity contribution in [2.24, 2.45) is 5.92 Å². The molecule has 1 aromatic rings. The van der Waals surface area contributed by atoms with E-state index in [1.165, 1.54) is 44.5 Å². The Bertz CT molecular complexity index is 345. The van der Waals surface area contributed by atoms with E-state index in [0.29, 0.717) is 0 Å². The minimum Gasteiger partial charge on any atom is -0.312 e. The zero-order valence-electron chi connectivity index (χ0n) is 10.4. The Labute approximate surface area is 104 Å². The summed E-state index contributed by atoms with van der Waals surface area (Å²) in [5.41, 5.74) is 1.39. The molecule has 1 N–H and O–H groups in total. The van der Waals surface area contributed by atoms with Gasteiger partial charge in [-0.3, -0.25) is 0 Å². The molecule has 0 aromatic heterocycles. The van der Waals surface area contributed by atoms with Crippen LogP contribution in [0.4, 0.5) is 0 Å². The maximum Gasteiger partial charge on any atom is 0.0205 e. The van der Waals surface area contributed by atoms with E-state index in [1.807, 2.05) is 0 Å². The molecular weight excluding hydrogens is 208 g/mol. The van der Waals surface area contributed by atoms with Gasteiger partial charge in [0.2, 0.25) is 0 Å². The molecule has 1 aliphatic heterocycles. The lowest BCUT2D eigenvalue weighted by Gasteiger charge is -2.15. The molecule has 0 spiro atoms. The smallest absolute Gasteiger partial charge is 0.0205 e. The molecule has 0 radical (unpaired) electrons. The van der Waals surface area contributed by atoms with Gasteiger partial charge in [-0.05, 0) is 43.8 Å². The van der Waals surface area contributed by atoms with E-state index in [-0.39, 0.29) is 0 Å². The van der Waals surface area contributed by atoms with Crippen molar-refractivity contribution in [1.82, 2.24) is 10.2 Å². The summed E-state index contributed by atoms with van der Waals surface area (Å²) >= 11 is 0. The van der Waals surface area contributed by atoms with Crippen LogP contribution in [0.25, 0.3) is 0 Å². The second-order valence-corrected chi connectivity index (χ2v) is 5.50. The third kappa shape index (κ3) is 3.08. The molecule has 0 bridgehead atoms. The SMILES string of the molecule is c1ccc(CNCC2CCN(C3CC3)C2)cc1. The second-order valence-electron chi connectivity index (χ2n) is 5.50. The number of hydrogen-bond acceptors (Lipinski definition) is 2. The largest absolute Gasteiger partial charge is 0.312 e. The third-order valence-corrected chi connectivity index (χ3v) is 3.99. The lowest BCUT2D eigenvalue weighted by molar-refractivity contribution is 0.312. The minimum atomic E-state index is 0.874. The molecule has 1 heterocycles. The molecule has 0 amide bonds. The van der Waals surface area contributed by atoms with Crippen LogP contribution in [-0.4, -0.2) is 30.6 Å². The maximum atomic E-state index is 3.60. The van der Waals surface area contributed by atoms with E-state index in [1.54, 1.807) is 0 Å². The van der Waals surface area contributed by atoms with E-state index in [2.05, 4.69) is 40.5 Å². The summed E-state index contributed by atoms with van der Waals surface area (Å²) in [6.07, 6.45) is 4.28. The Morgan fingerprint density at radius 3 is 2.71 bits per heavy atom. The van der Waals surface area contributed by atoms with Crippen molar-refractivity contribution in [3.8, 4) is 0 Å². The lowest BCUT2D eigenvalue weighted by atomic mass is 10.1. The normalized spacial score (nSPS) is 25.3. The Morgan fingerprint density at radius 1 is 1.12 bits per heavy atom. The molecule has 1 unspecified atom stereocenters. The molecule has 2 aliphatic rings. The molecule has 1 aliphatic carbocycles. The van der Waals surface area contributed by atoms with Crippen LogP contribution in [0.5, 0.6) is 0 Å². The van der Waals surface area contributed by atoms with Gasteiger partial charge < -0.3 is 10.2 Å². The van der Waals surface area contributed by atoms with Crippen LogP contribution in [0.15, 0.2) is 30.3 Å². The summed E-state index contributed by atoms with van der Waals surface area (Å²) in [6.45, 7) is 4.85. The Hall–Kier alpha value is -0.860. The summed E-state index contributed by atoms with van der Waals surface area (Å²) in [4.78, 5) is 2.69. The second kappa shape index (κ2) is 5.19. The standard InChI is InChI=1S/C15H22N2/c1-2-4-13(5-3-1)10-16-11-14-8-9-17(12-14)15-6-7-15/h1-5,14-16H,6-12H2. The summed E-state index contributed by atoms with van der Waals surface area (Å²) in [5, 5.41) is 3.60. The van der Waals surface area contributed by atoms with E-state index in [0.717, 1.165) is 18.5 Å². The van der Waals surface area contributed by atoms with E-state index in [4.69, 9.17) is 0 Å². The highest BCUT2D eigenvalue weighted by atomic mass is 15.2. The molecule has 1 aromatic carbocycles. The van der Waals surface area contributed by atoms with Crippen LogP contribution in [-0.2, 0) is 6.54 Å². The Kier molecular flexibility index (Phi) is 3.44. The van der Waals surface area contributed by atoms with Gasteiger partial charge in [0.1, 0.15) is 0 Å². The first-order valence-electron chi connectivity index (χ1n) is 6.90. The summed E-state index contributed by atoms with van der Waals surface area (Å²) in [5.74, 6) is 0.874. The van der Waals surface area contributed by atoms with Gasteiger partial charge in [-0.15, -0.1) is 0 Å². The first kappa shape index (κ1) is 11.2. The van der Waals surface area contributed by atoms with Crippen molar-refractivity contribution >= 4 is 0 Å². The summed E-state index contributed by atoms with van der Waals surface area (Å²) < 4.78 is 0. The van der Waals surface area contributed by atoms with Crippen molar-refractivity contribution in [1.29, 1.82) is 0 Å². The van der Waals surface area contributed by atoms with Crippen molar-refractivity contribution in [3.63, 3.8) is 0 Å². The van der Waals surface area contributed by atoms with Crippen molar-refractivity contribution in [3.05, 3.63) is 35.9 Å². The first-order valence-corrected chi connectivity index (χ1v) is 6.90. The van der Waals surface area contributed by atoms with Crippen LogP contribution < -0.4 is 5.32 Å². The quantitative estimate of drug-likeness (QED) is 0.834. The van der Waals surface area contributed by atoms with Crippen LogP contribution in [0.2, 0.25) is 0 Å². The predicted octanol–water partition coefficient (Wildman–Crippen LogP) is 2.26. The summed E-state index contributed by atoms with van der Waals surface area (Å²) in [7, 11) is 0. The highest BCUT2D eigenvalue weighted by Crippen LogP contribution is 2.31. The van der Waals surface area contributed by atoms with Gasteiger partial charge in [-0.2, -0.15) is 0 Å². The van der Waals surface area contributed by atoms with E-state index < -0.39 is 0 Å². The fraction of sp³-hybridized carbons (Fsp3) is 0.600. The van der Waals surface area contributed by atoms with Crippen molar-refractivity contribution in [2.45, 2.75) is 31.8 Å². The van der Waals surface area contributed by atoms with Gasteiger partial charge >= 0.3 is 0 Å². The molecule has 92 valence electrons. The minimum absolute atomic E-state index is 0.874. The number of rotatable bonds is 5. The van der Waals surface area contributed by atoms with Crippen molar-refractivity contribution < 1.29 is 0 Å². The van der Waals surface area contributed by atoms with Gasteiger partial charge in [0.25, 0.3) is 0 Å². The average molecular weight is 230 g/mol. The van der Waals surface area contributed by atoms with Gasteiger partial charge in [-0.25, -0.2) is 0 Å². The van der Waals surface area contributed by atoms with Gasteiger partial charge in [0.15, 0.2) is 0 Å². The van der Waals surface area contributed by atoms with E-state index in [9.17, 15) is 0 Å². The molecule has 2 fully saturated rings. The average Bonchev–Trinajstić information content (AvgIpc) is 3.11. The van der Waals surface area contributed by atoms with Crippen LogP contribution in [0.3, 0.4) is 0 Å². The fourth-order valence-electron chi connectivity index (χ4n) is 2.82. The molecule has 2 nitrogen and oxygen atoms in total. The topological polar surface area (TPSA) is 15.3 Å². The number of benzene rings is 1. The van der Waals surface area contributed by atoms with Gasteiger partial charge in [-0.1, -0.05) is 30.3 Å². The lowest BCUT2D eigenvalue weighted by Crippen LogP contribution is -2.27. The van der Waals surface area contributed by atoms with E-state index >= 15 is 0 Å². The third-order valence-electron chi connectivity index (χ3n) is 3.99. The highest BCUT2D eigenvalue weighted by Gasteiger charge is 2.33. The number of likely N-dealkylation sites (tertiary alicyclic amines) is 1. The Morgan fingerprint density at radius 2 is 1.94 bits per heavy atom. The molecule has 2 heteroatoms. The zero-order valence-corrected chi connectivity index (χ0v) is 10.4. The molecule has 1 saturated carbocycles. The maximum absolute atomic E-state index is 3.60. The fourth-order valence-corrected chi connectivity index (χ4v) is 2.82. The van der Waals surface area contributed by atoms with Gasteiger partial charge in [0.05, 0.1) is 0 Å². The van der Waals surface area contributed by atoms with Gasteiger partial charge in [0, 0.05) is 19.1 Å². The number of nitrogens with one attached hydrogen (secondary N) is 1. The molecule has 1 saturated heterocycles. The number of hydrogen-bond donors (Lipinski definition) is 1. The monoisotopic (exact) mass is 230 g/mol. The zero-order chi connectivity index (χ0) is 11.5. The molecule has 17 heavy (non-hydrogen) atoms. The number of nitrogens with zero attached hydrogens (tertiary/aromatic N) is 1. The van der Waals surface area contributed by atoms with Crippen LogP contribution in [0.1, 0.15) is 24.8 Å². The molecule has 1 atom stereocenters. The van der Waals surface area contributed by atoms with Crippen LogP contribution >= 0.6 is 0 Å². The van der Waals surface area contributed by atoms with Crippen LogP contribution in [0, 0.1) is 5.92 Å².